The van der Waals surface area contributed by atoms with Crippen LogP contribution in [-0.2, 0) is 20.0 Å². The van der Waals surface area contributed by atoms with Crippen LogP contribution in [0.25, 0.3) is 0 Å². The molecule has 0 amide bonds. The molecule has 0 saturated carbocycles. The van der Waals surface area contributed by atoms with Crippen molar-refractivity contribution in [2.45, 2.75) is 47.7 Å². The van der Waals surface area contributed by atoms with Crippen molar-refractivity contribution < 1.29 is 49.0 Å². The summed E-state index contributed by atoms with van der Waals surface area (Å²) >= 11 is 13.3. The van der Waals surface area contributed by atoms with Crippen LogP contribution in [0.4, 0.5) is 18.9 Å². The second-order valence-corrected chi connectivity index (χ2v) is 21.8. The van der Waals surface area contributed by atoms with E-state index in [4.69, 9.17) is 30.5 Å². The number of halogens is 6. The molecule has 0 aliphatic carbocycles. The first-order valence-corrected chi connectivity index (χ1v) is 25.1. The molecule has 0 unspecified atom stereocenters. The Morgan fingerprint density at radius 1 is 0.661 bits per heavy atom. The summed E-state index contributed by atoms with van der Waals surface area (Å²) in [5.74, 6) is -0.986. The van der Waals surface area contributed by atoms with Crippen molar-refractivity contribution in [3.05, 3.63) is 98.1 Å². The van der Waals surface area contributed by atoms with Gasteiger partial charge in [-0.2, -0.15) is 4.31 Å². The van der Waals surface area contributed by atoms with Crippen molar-refractivity contribution in [1.29, 1.82) is 0 Å². The van der Waals surface area contributed by atoms with Gasteiger partial charge < -0.3 is 18.9 Å². The Balaban J connectivity index is 0.982. The summed E-state index contributed by atoms with van der Waals surface area (Å²) in [5.41, 5.74) is -0.767. The average molecular weight is 1050 g/mol. The fourth-order valence-corrected chi connectivity index (χ4v) is 12.3. The maximum atomic E-state index is 15.0. The van der Waals surface area contributed by atoms with Crippen LogP contribution in [-0.4, -0.2) is 109 Å². The second kappa shape index (κ2) is 19.0. The third-order valence-electron chi connectivity index (χ3n) is 11.6. The van der Waals surface area contributed by atoms with Gasteiger partial charge in [0.2, 0.25) is 10.0 Å². The molecule has 2 atom stereocenters. The van der Waals surface area contributed by atoms with Gasteiger partial charge in [-0.1, -0.05) is 43.5 Å². The zero-order valence-corrected chi connectivity index (χ0v) is 38.8. The number of anilines is 1. The van der Waals surface area contributed by atoms with E-state index in [2.05, 4.69) is 41.7 Å². The number of hydrogen-bond acceptors (Lipinski definition) is 10. The molecule has 12 nitrogen and oxygen atoms in total. The summed E-state index contributed by atoms with van der Waals surface area (Å²) in [6.45, 7) is 4.94. The molecule has 4 heterocycles. The van der Waals surface area contributed by atoms with E-state index in [0.717, 1.165) is 27.1 Å². The molecular formula is C42H44Br2ClF3N4O8S2. The highest BCUT2D eigenvalue weighted by molar-refractivity contribution is 9.10. The summed E-state index contributed by atoms with van der Waals surface area (Å²) in [6.07, 6.45) is 2.27. The largest absolute Gasteiger partial charge is 0.486 e. The Hall–Kier alpha value is -3.30. The van der Waals surface area contributed by atoms with Crippen LogP contribution >= 0.6 is 43.5 Å². The molecular weight excluding hydrogens is 1000 g/mol. The number of fused-ring (bicyclic) bond motifs is 2. The van der Waals surface area contributed by atoms with Crippen LogP contribution < -0.4 is 23.7 Å². The van der Waals surface area contributed by atoms with E-state index in [0.29, 0.717) is 113 Å². The molecule has 4 aromatic rings. The predicted octanol–water partition coefficient (Wildman–Crippen LogP) is 8.18. The van der Waals surface area contributed by atoms with Gasteiger partial charge in [0.05, 0.1) is 5.69 Å². The van der Waals surface area contributed by atoms with E-state index < -0.39 is 58.0 Å². The van der Waals surface area contributed by atoms with E-state index in [9.17, 15) is 25.6 Å². The van der Waals surface area contributed by atoms with Gasteiger partial charge >= 0.3 is 0 Å². The van der Waals surface area contributed by atoms with Crippen LogP contribution in [0, 0.1) is 29.3 Å². The minimum atomic E-state index is -4.92. The van der Waals surface area contributed by atoms with Crippen molar-refractivity contribution in [1.82, 2.24) is 14.1 Å². The fraction of sp³-hybridized carbons (Fsp3) is 0.429. The van der Waals surface area contributed by atoms with Gasteiger partial charge in [0.15, 0.2) is 23.0 Å². The molecule has 4 aliphatic rings. The normalized spacial score (nSPS) is 20.4. The summed E-state index contributed by atoms with van der Waals surface area (Å²) in [7, 11) is -9.50. The van der Waals surface area contributed by atoms with Crippen molar-refractivity contribution in [2.75, 3.05) is 70.3 Å². The van der Waals surface area contributed by atoms with Crippen LogP contribution in [0.5, 0.6) is 23.0 Å². The average Bonchev–Trinajstić information content (AvgIpc) is 3.23. The van der Waals surface area contributed by atoms with E-state index >= 15 is 4.39 Å². The maximum absolute atomic E-state index is 15.0. The predicted molar refractivity (Wildman–Crippen MR) is 234 cm³/mol. The summed E-state index contributed by atoms with van der Waals surface area (Å²) in [4.78, 5) is 2.97. The number of piperidine rings is 2. The fourth-order valence-electron chi connectivity index (χ4n) is 8.35. The molecule has 4 aromatic carbocycles. The minimum Gasteiger partial charge on any atom is -0.486 e. The summed E-state index contributed by atoms with van der Waals surface area (Å²) in [5, 5.41) is -0.813. The molecule has 62 heavy (non-hydrogen) atoms. The van der Waals surface area contributed by atoms with Gasteiger partial charge in [0.1, 0.15) is 57.7 Å². The quantitative estimate of drug-likeness (QED) is 0.140. The molecule has 1 N–H and O–H groups in total. The summed E-state index contributed by atoms with van der Waals surface area (Å²) < 4.78 is 130. The number of rotatable bonds is 13. The number of likely N-dealkylation sites (tertiary alicyclic amines) is 2. The Bertz CT molecular complexity index is 2430. The number of sulfonamides is 2. The molecule has 20 heteroatoms. The number of ether oxygens (including phenoxy) is 4. The minimum absolute atomic E-state index is 0.0722. The smallest absolute Gasteiger partial charge is 0.264 e. The topological polar surface area (TPSA) is 127 Å². The van der Waals surface area contributed by atoms with Crippen molar-refractivity contribution in [3.63, 3.8) is 0 Å². The molecule has 8 rings (SSSR count). The third kappa shape index (κ3) is 10.5. The van der Waals surface area contributed by atoms with Crippen molar-refractivity contribution in [3.8, 4) is 23.0 Å². The van der Waals surface area contributed by atoms with E-state index in [1.807, 2.05) is 41.1 Å². The van der Waals surface area contributed by atoms with Crippen molar-refractivity contribution in [2.24, 2.45) is 11.8 Å². The molecule has 0 radical (unpaired) electrons. The molecule has 0 aromatic heterocycles. The van der Waals surface area contributed by atoms with Crippen LogP contribution in [0.3, 0.4) is 0 Å². The lowest BCUT2D eigenvalue weighted by molar-refractivity contribution is 0.0433. The Labute approximate surface area is 380 Å². The number of benzene rings is 4. The summed E-state index contributed by atoms with van der Waals surface area (Å²) in [6, 6.07) is 14.8. The third-order valence-corrected chi connectivity index (χ3v) is 16.2. The zero-order chi connectivity index (χ0) is 43.8. The van der Waals surface area contributed by atoms with Gasteiger partial charge in [-0.05, 0) is 124 Å². The lowest BCUT2D eigenvalue weighted by Crippen LogP contribution is -2.48. The lowest BCUT2D eigenvalue weighted by atomic mass is 9.94. The van der Waals surface area contributed by atoms with Crippen LogP contribution in [0.1, 0.15) is 25.7 Å². The van der Waals surface area contributed by atoms with Crippen LogP contribution in [0.2, 0.25) is 5.02 Å². The first kappa shape index (κ1) is 45.3. The zero-order valence-electron chi connectivity index (χ0n) is 33.3. The highest BCUT2D eigenvalue weighted by Gasteiger charge is 2.37. The second-order valence-electron chi connectivity index (χ2n) is 16.0. The lowest BCUT2D eigenvalue weighted by Gasteiger charge is -2.39. The molecule has 0 bridgehead atoms. The van der Waals surface area contributed by atoms with E-state index in [-0.39, 0.29) is 37.1 Å². The highest BCUT2D eigenvalue weighted by Crippen LogP contribution is 2.39. The van der Waals surface area contributed by atoms with E-state index in [1.54, 1.807) is 0 Å². The monoisotopic (exact) mass is 1050 g/mol. The Kier molecular flexibility index (Phi) is 13.9. The first-order valence-electron chi connectivity index (χ1n) is 20.2. The number of hydrogen-bond donors (Lipinski definition) is 1. The van der Waals surface area contributed by atoms with Gasteiger partial charge in [-0.15, -0.1) is 0 Å². The molecule has 2 fully saturated rings. The van der Waals surface area contributed by atoms with Crippen LogP contribution in [0.15, 0.2) is 85.5 Å². The molecule has 334 valence electrons. The SMILES string of the molecule is O=S(=O)(Nc1c(S(=O)(=O)N(CC2CCN(C[C@H]3COc4ccc(Br)cc4O3)CC2)CC2CCN(C[C@H]3COc4ccc(Br)cc4O3)CC2)ccc(F)c1Cl)c1ccc(F)cc1F. The number of nitrogens with zero attached hydrogens (tertiary/aromatic N) is 3. The number of nitrogens with one attached hydrogen (secondary N) is 1. The molecule has 0 spiro atoms. The Morgan fingerprint density at radius 2 is 1.16 bits per heavy atom. The van der Waals surface area contributed by atoms with E-state index in [1.165, 1.54) is 4.31 Å². The van der Waals surface area contributed by atoms with Gasteiger partial charge in [-0.25, -0.2) is 30.0 Å². The standard InChI is InChI=1S/C42H44Br2ClF3N4O8S2/c43-28-1-5-35-37(17-28)59-31(24-57-35)22-50-13-9-26(10-14-50)20-52(21-27-11-15-51(16-12-27)23-32-25-58-36-6-2-29(44)18-38(36)60-32)62(55,56)40-8-4-33(47)41(45)42(40)49-61(53,54)39-7-3-30(46)19-34(39)48/h1-8,17-19,26-27,31-32,49H,9-16,20-25H2/t31-,32-/m0/s1. The first-order chi connectivity index (χ1) is 29.6. The van der Waals surface area contributed by atoms with Crippen molar-refractivity contribution >= 4 is 69.2 Å². The molecule has 2 saturated heterocycles. The van der Waals surface area contributed by atoms with Gasteiger partial charge in [0.25, 0.3) is 10.0 Å². The Morgan fingerprint density at radius 3 is 1.66 bits per heavy atom. The van der Waals surface area contributed by atoms with Gasteiger partial charge in [0, 0.05) is 41.2 Å². The maximum Gasteiger partial charge on any atom is 0.264 e. The highest BCUT2D eigenvalue weighted by atomic mass is 79.9. The van der Waals surface area contributed by atoms with Gasteiger partial charge in [-0.3, -0.25) is 14.5 Å². The molecule has 4 aliphatic heterocycles.